The van der Waals surface area contributed by atoms with Crippen molar-refractivity contribution < 1.29 is 4.79 Å². The van der Waals surface area contributed by atoms with Crippen LogP contribution in [0.3, 0.4) is 0 Å². The van der Waals surface area contributed by atoms with Gasteiger partial charge in [0.2, 0.25) is 5.95 Å². The van der Waals surface area contributed by atoms with Crippen LogP contribution in [0.15, 0.2) is 48.6 Å². The van der Waals surface area contributed by atoms with Gasteiger partial charge >= 0.3 is 0 Å². The summed E-state index contributed by atoms with van der Waals surface area (Å²) in [5.74, 6) is 0.508. The van der Waals surface area contributed by atoms with Gasteiger partial charge in [0.1, 0.15) is 0 Å². The summed E-state index contributed by atoms with van der Waals surface area (Å²) in [4.78, 5) is 25.0. The fourth-order valence-electron chi connectivity index (χ4n) is 3.17. The van der Waals surface area contributed by atoms with Crippen LogP contribution in [-0.4, -0.2) is 54.9 Å². The normalized spacial score (nSPS) is 19.0. The average Bonchev–Trinajstić information content (AvgIpc) is 3.25. The van der Waals surface area contributed by atoms with E-state index in [0.717, 1.165) is 12.8 Å². The molecule has 1 saturated heterocycles. The summed E-state index contributed by atoms with van der Waals surface area (Å²) in [6.45, 7) is 5.14. The Hall–Kier alpha value is -2.74. The van der Waals surface area contributed by atoms with Crippen LogP contribution in [0.2, 0.25) is 5.02 Å². The van der Waals surface area contributed by atoms with E-state index in [1.54, 1.807) is 29.6 Å². The molecule has 1 amide bonds. The van der Waals surface area contributed by atoms with E-state index < -0.39 is 0 Å². The molecule has 1 aliphatic rings. The highest BCUT2D eigenvalue weighted by Crippen LogP contribution is 2.22. The van der Waals surface area contributed by atoms with Crippen molar-refractivity contribution >= 4 is 23.5 Å². The van der Waals surface area contributed by atoms with Crippen molar-refractivity contribution in [3.8, 4) is 0 Å². The monoisotopic (exact) mass is 401 g/mol. The first-order valence-electron chi connectivity index (χ1n) is 9.30. The Kier molecular flexibility index (Phi) is 6.76. The number of anilines is 1. The van der Waals surface area contributed by atoms with E-state index in [0.29, 0.717) is 29.6 Å². The molecule has 0 aromatic carbocycles. The van der Waals surface area contributed by atoms with Crippen LogP contribution >= 0.6 is 11.6 Å². The first-order chi connectivity index (χ1) is 13.6. The minimum Gasteiger partial charge on any atom is -0.350 e. The molecule has 3 heterocycles. The van der Waals surface area contributed by atoms with Crippen LogP contribution in [-0.2, 0) is 4.79 Å². The Balaban J connectivity index is 1.72. The predicted molar refractivity (Wildman–Crippen MR) is 108 cm³/mol. The average molecular weight is 402 g/mol. The number of carbonyl (C=O) groups excluding carboxylic acids is 1. The largest absolute Gasteiger partial charge is 0.350 e. The zero-order valence-corrected chi connectivity index (χ0v) is 16.8. The molecular weight excluding hydrogens is 378 g/mol. The number of nitrogens with one attached hydrogen (secondary N) is 1. The molecule has 1 fully saturated rings. The molecule has 148 valence electrons. The zero-order valence-electron chi connectivity index (χ0n) is 16.0. The van der Waals surface area contributed by atoms with Crippen LogP contribution in [0.4, 0.5) is 5.95 Å². The molecule has 0 radical (unpaired) electrons. The van der Waals surface area contributed by atoms with Crippen LogP contribution in [0.5, 0.6) is 0 Å². The van der Waals surface area contributed by atoms with Crippen molar-refractivity contribution in [2.45, 2.75) is 38.8 Å². The quantitative estimate of drug-likeness (QED) is 0.591. The smallest absolute Gasteiger partial charge is 0.252 e. The van der Waals surface area contributed by atoms with E-state index in [4.69, 9.17) is 11.6 Å². The maximum atomic E-state index is 13.3. The molecule has 28 heavy (non-hydrogen) atoms. The first kappa shape index (κ1) is 20.0. The summed E-state index contributed by atoms with van der Waals surface area (Å²) in [5.41, 5.74) is 0.651. The standard InChI is InChI=1S/C19H24ClN7O/c1-3-4-7-17(14(2)27-23-8-9-24-27)18(28)26-10-5-6-16(13-26)25-19-21-11-15(20)12-22-19/h3-4,7-9,11-12,14,16H,5-6,10,13H2,1-2H3,(H,21,22,25)/b4-3-,17-7+/t14?,16-/m1/s1. The predicted octanol–water partition coefficient (Wildman–Crippen LogP) is 2.89. The summed E-state index contributed by atoms with van der Waals surface area (Å²) in [6, 6.07) is -0.174. The molecule has 1 unspecified atom stereocenters. The van der Waals surface area contributed by atoms with Crippen molar-refractivity contribution in [3.63, 3.8) is 0 Å². The van der Waals surface area contributed by atoms with Gasteiger partial charge in [0, 0.05) is 24.7 Å². The second-order valence-corrected chi connectivity index (χ2v) is 7.07. The van der Waals surface area contributed by atoms with Crippen LogP contribution in [0.1, 0.15) is 32.7 Å². The number of rotatable bonds is 6. The Labute approximate surface area is 169 Å². The molecule has 0 aliphatic carbocycles. The minimum atomic E-state index is -0.258. The van der Waals surface area contributed by atoms with Gasteiger partial charge in [0.05, 0.1) is 35.9 Å². The Morgan fingerprint density at radius 1 is 1.32 bits per heavy atom. The lowest BCUT2D eigenvalue weighted by Crippen LogP contribution is -2.46. The van der Waals surface area contributed by atoms with E-state index in [1.165, 1.54) is 0 Å². The molecule has 2 aromatic heterocycles. The highest BCUT2D eigenvalue weighted by atomic mass is 35.5. The third-order valence-electron chi connectivity index (χ3n) is 4.61. The molecule has 3 rings (SSSR count). The number of aromatic nitrogens is 5. The van der Waals surface area contributed by atoms with Gasteiger partial charge in [-0.15, -0.1) is 0 Å². The maximum absolute atomic E-state index is 13.3. The number of piperidine rings is 1. The Bertz CT molecular complexity index is 832. The number of hydrogen-bond donors (Lipinski definition) is 1. The second kappa shape index (κ2) is 9.45. The van der Waals surface area contributed by atoms with E-state index in [9.17, 15) is 4.79 Å². The fraction of sp³-hybridized carbons (Fsp3) is 0.421. The molecule has 2 aromatic rings. The second-order valence-electron chi connectivity index (χ2n) is 6.63. The van der Waals surface area contributed by atoms with Crippen LogP contribution in [0.25, 0.3) is 0 Å². The lowest BCUT2D eigenvalue weighted by Gasteiger charge is -2.34. The van der Waals surface area contributed by atoms with Gasteiger partial charge in [0.15, 0.2) is 0 Å². The number of halogens is 1. The molecule has 1 N–H and O–H groups in total. The van der Waals surface area contributed by atoms with Gasteiger partial charge in [-0.25, -0.2) is 9.97 Å². The van der Waals surface area contributed by atoms with Crippen molar-refractivity contribution in [2.75, 3.05) is 18.4 Å². The van der Waals surface area contributed by atoms with Crippen molar-refractivity contribution in [1.82, 2.24) is 29.9 Å². The molecule has 8 nitrogen and oxygen atoms in total. The van der Waals surface area contributed by atoms with Crippen LogP contribution < -0.4 is 5.32 Å². The highest BCUT2D eigenvalue weighted by Gasteiger charge is 2.29. The minimum absolute atomic E-state index is 0.00794. The number of likely N-dealkylation sites (tertiary alicyclic amines) is 1. The fourth-order valence-corrected chi connectivity index (χ4v) is 3.27. The number of carbonyl (C=O) groups is 1. The molecule has 0 spiro atoms. The van der Waals surface area contributed by atoms with Gasteiger partial charge in [-0.3, -0.25) is 4.79 Å². The van der Waals surface area contributed by atoms with Gasteiger partial charge in [0.25, 0.3) is 5.91 Å². The van der Waals surface area contributed by atoms with Crippen LogP contribution in [0, 0.1) is 0 Å². The van der Waals surface area contributed by atoms with Gasteiger partial charge in [-0.2, -0.15) is 15.0 Å². The highest BCUT2D eigenvalue weighted by molar-refractivity contribution is 6.30. The molecule has 1 aliphatic heterocycles. The summed E-state index contributed by atoms with van der Waals surface area (Å²) in [7, 11) is 0. The van der Waals surface area contributed by atoms with Crippen molar-refractivity contribution in [3.05, 3.63) is 53.6 Å². The Morgan fingerprint density at radius 3 is 2.71 bits per heavy atom. The third-order valence-corrected chi connectivity index (χ3v) is 4.81. The van der Waals surface area contributed by atoms with E-state index >= 15 is 0 Å². The zero-order chi connectivity index (χ0) is 19.9. The summed E-state index contributed by atoms with van der Waals surface area (Å²) in [5, 5.41) is 12.1. The Morgan fingerprint density at radius 2 is 2.04 bits per heavy atom. The first-order valence-corrected chi connectivity index (χ1v) is 9.68. The maximum Gasteiger partial charge on any atom is 0.252 e. The number of nitrogens with zero attached hydrogens (tertiary/aromatic N) is 6. The molecule has 9 heteroatoms. The lowest BCUT2D eigenvalue weighted by atomic mass is 10.0. The molecule has 2 atom stereocenters. The van der Waals surface area contributed by atoms with Crippen molar-refractivity contribution in [2.24, 2.45) is 0 Å². The van der Waals surface area contributed by atoms with Gasteiger partial charge in [-0.1, -0.05) is 29.8 Å². The summed E-state index contributed by atoms with van der Waals surface area (Å²) in [6.07, 6.45) is 13.8. The van der Waals surface area contributed by atoms with E-state index in [-0.39, 0.29) is 18.0 Å². The van der Waals surface area contributed by atoms with Gasteiger partial charge in [-0.05, 0) is 26.7 Å². The van der Waals surface area contributed by atoms with Gasteiger partial charge < -0.3 is 10.2 Å². The summed E-state index contributed by atoms with van der Waals surface area (Å²) >= 11 is 5.84. The topological polar surface area (TPSA) is 88.8 Å². The molecular formula is C19H24ClN7O. The molecule has 0 saturated carbocycles. The number of amides is 1. The third kappa shape index (κ3) is 4.95. The molecule has 0 bridgehead atoms. The number of hydrogen-bond acceptors (Lipinski definition) is 6. The number of allylic oxidation sites excluding steroid dienone is 3. The lowest BCUT2D eigenvalue weighted by molar-refractivity contribution is -0.128. The SMILES string of the molecule is C/C=C\C=C(\C(=O)N1CCC[C@@H](Nc2ncc(Cl)cn2)C1)C(C)n1nccn1. The van der Waals surface area contributed by atoms with E-state index in [2.05, 4.69) is 25.5 Å². The van der Waals surface area contributed by atoms with Crippen molar-refractivity contribution in [1.29, 1.82) is 0 Å². The summed E-state index contributed by atoms with van der Waals surface area (Å²) < 4.78 is 0. The van der Waals surface area contributed by atoms with E-state index in [1.807, 2.05) is 37.0 Å².